The molecule has 104 valence electrons. The van der Waals surface area contributed by atoms with Gasteiger partial charge in [-0.3, -0.25) is 4.79 Å². The fourth-order valence-corrected chi connectivity index (χ4v) is 2.73. The van der Waals surface area contributed by atoms with Crippen molar-refractivity contribution >= 4 is 16.9 Å². The molecule has 1 aromatic carbocycles. The molecule has 0 unspecified atom stereocenters. The van der Waals surface area contributed by atoms with E-state index in [1.54, 1.807) is 12.1 Å². The summed E-state index contributed by atoms with van der Waals surface area (Å²) in [6, 6.07) is 6.61. The minimum atomic E-state index is -0.394. The van der Waals surface area contributed by atoms with E-state index in [0.29, 0.717) is 11.3 Å². The van der Waals surface area contributed by atoms with Gasteiger partial charge in [-0.15, -0.1) is 0 Å². The summed E-state index contributed by atoms with van der Waals surface area (Å²) >= 11 is 0. The summed E-state index contributed by atoms with van der Waals surface area (Å²) in [5.74, 6) is 0.259. The summed E-state index contributed by atoms with van der Waals surface area (Å²) in [5.41, 5.74) is 0.908. The molecule has 4 heteroatoms. The second-order valence-electron chi connectivity index (χ2n) is 5.31. The Kier molecular flexibility index (Phi) is 3.30. The van der Waals surface area contributed by atoms with E-state index in [-0.39, 0.29) is 11.9 Å². The second kappa shape index (κ2) is 5.12. The topological polar surface area (TPSA) is 56.5 Å². The molecule has 4 nitrogen and oxygen atoms in total. The maximum absolute atomic E-state index is 12.0. The Balaban J connectivity index is 1.89. The normalized spacial score (nSPS) is 15.7. The zero-order valence-corrected chi connectivity index (χ0v) is 11.3. The van der Waals surface area contributed by atoms with Gasteiger partial charge in [0.1, 0.15) is 11.3 Å². The van der Waals surface area contributed by atoms with Crippen LogP contribution < -0.4 is 10.4 Å². The monoisotopic (exact) mass is 272 g/mol. The first-order valence-electron chi connectivity index (χ1n) is 6.90. The minimum Gasteiger partial charge on any atom is -0.426 e. The Labute approximate surface area is 116 Å². The molecule has 20 heavy (non-hydrogen) atoms. The van der Waals surface area contributed by atoms with Crippen LogP contribution in [0.4, 0.5) is 0 Å². The third-order valence-electron chi connectivity index (χ3n) is 3.83. The van der Waals surface area contributed by atoms with Crippen LogP contribution in [-0.4, -0.2) is 5.97 Å². The quantitative estimate of drug-likeness (QED) is 0.478. The van der Waals surface area contributed by atoms with Gasteiger partial charge in [-0.25, -0.2) is 4.79 Å². The summed E-state index contributed by atoms with van der Waals surface area (Å²) in [4.78, 5) is 23.3. The Bertz CT molecular complexity index is 708. The number of fused-ring (bicyclic) bond motifs is 1. The van der Waals surface area contributed by atoms with Crippen molar-refractivity contribution < 1.29 is 13.9 Å². The number of rotatable bonds is 2. The van der Waals surface area contributed by atoms with Crippen molar-refractivity contribution in [2.75, 3.05) is 0 Å². The van der Waals surface area contributed by atoms with E-state index < -0.39 is 5.63 Å². The molecule has 2 aromatic rings. The van der Waals surface area contributed by atoms with Crippen LogP contribution in [0.5, 0.6) is 5.75 Å². The highest BCUT2D eigenvalue weighted by atomic mass is 16.5. The van der Waals surface area contributed by atoms with Gasteiger partial charge in [-0.05, 0) is 37.5 Å². The van der Waals surface area contributed by atoms with Gasteiger partial charge in [0, 0.05) is 17.5 Å². The highest BCUT2D eigenvalue weighted by Crippen LogP contribution is 2.28. The second-order valence-corrected chi connectivity index (χ2v) is 5.31. The molecule has 0 N–H and O–H groups in total. The minimum absolute atomic E-state index is 0.00946. The summed E-state index contributed by atoms with van der Waals surface area (Å²) < 4.78 is 10.5. The van der Waals surface area contributed by atoms with Crippen LogP contribution in [0.3, 0.4) is 0 Å². The van der Waals surface area contributed by atoms with Crippen molar-refractivity contribution in [1.29, 1.82) is 0 Å². The lowest BCUT2D eigenvalue weighted by molar-refractivity contribution is -0.138. The van der Waals surface area contributed by atoms with Crippen LogP contribution in [0.2, 0.25) is 0 Å². The molecule has 1 fully saturated rings. The van der Waals surface area contributed by atoms with Gasteiger partial charge in [-0.2, -0.15) is 0 Å². The van der Waals surface area contributed by atoms with Crippen LogP contribution in [0.25, 0.3) is 11.0 Å². The van der Waals surface area contributed by atoms with E-state index in [1.165, 1.54) is 6.07 Å². The highest BCUT2D eigenvalue weighted by molar-refractivity contribution is 5.83. The zero-order chi connectivity index (χ0) is 14.1. The van der Waals surface area contributed by atoms with Gasteiger partial charge < -0.3 is 9.15 Å². The van der Waals surface area contributed by atoms with Crippen LogP contribution >= 0.6 is 0 Å². The van der Waals surface area contributed by atoms with Crippen LogP contribution in [0.15, 0.2) is 33.5 Å². The van der Waals surface area contributed by atoms with Gasteiger partial charge in [0.2, 0.25) is 0 Å². The number of aryl methyl sites for hydroxylation is 1. The SMILES string of the molecule is Cc1cc(=O)oc2cc(OC(=O)C3CCCC3)ccc12. The number of esters is 1. The average molecular weight is 272 g/mol. The molecule has 0 bridgehead atoms. The van der Waals surface area contributed by atoms with Gasteiger partial charge >= 0.3 is 11.6 Å². The molecule has 3 rings (SSSR count). The molecule has 0 saturated heterocycles. The van der Waals surface area contributed by atoms with E-state index >= 15 is 0 Å². The van der Waals surface area contributed by atoms with E-state index in [1.807, 2.05) is 13.0 Å². The van der Waals surface area contributed by atoms with E-state index in [4.69, 9.17) is 9.15 Å². The van der Waals surface area contributed by atoms with Gasteiger partial charge in [0.15, 0.2) is 0 Å². The molecule has 1 aliphatic carbocycles. The number of ether oxygens (including phenoxy) is 1. The Morgan fingerprint density at radius 3 is 2.75 bits per heavy atom. The summed E-state index contributed by atoms with van der Waals surface area (Å²) in [6.45, 7) is 1.85. The number of carbonyl (C=O) groups is 1. The smallest absolute Gasteiger partial charge is 0.336 e. The predicted octanol–water partition coefficient (Wildman–Crippen LogP) is 3.20. The van der Waals surface area contributed by atoms with E-state index in [0.717, 1.165) is 36.6 Å². The molecule has 0 atom stereocenters. The number of hydrogen-bond donors (Lipinski definition) is 0. The fourth-order valence-electron chi connectivity index (χ4n) is 2.73. The Hall–Kier alpha value is -2.10. The fraction of sp³-hybridized carbons (Fsp3) is 0.375. The molecule has 0 aliphatic heterocycles. The first-order chi connectivity index (χ1) is 9.63. The van der Waals surface area contributed by atoms with Crippen molar-refractivity contribution in [3.63, 3.8) is 0 Å². The van der Waals surface area contributed by atoms with E-state index in [2.05, 4.69) is 0 Å². The van der Waals surface area contributed by atoms with Crippen molar-refractivity contribution in [2.45, 2.75) is 32.6 Å². The molecule has 1 heterocycles. The summed E-state index contributed by atoms with van der Waals surface area (Å²) in [7, 11) is 0. The van der Waals surface area contributed by atoms with Crippen molar-refractivity contribution in [1.82, 2.24) is 0 Å². The lowest BCUT2D eigenvalue weighted by Gasteiger charge is -2.09. The average Bonchev–Trinajstić information content (AvgIpc) is 2.91. The Morgan fingerprint density at radius 1 is 1.25 bits per heavy atom. The van der Waals surface area contributed by atoms with Crippen molar-refractivity contribution in [3.05, 3.63) is 40.2 Å². The molecule has 0 spiro atoms. The molecule has 0 amide bonds. The first-order valence-corrected chi connectivity index (χ1v) is 6.90. The lowest BCUT2D eigenvalue weighted by atomic mass is 10.1. The van der Waals surface area contributed by atoms with Crippen LogP contribution in [0, 0.1) is 12.8 Å². The van der Waals surface area contributed by atoms with E-state index in [9.17, 15) is 9.59 Å². The predicted molar refractivity (Wildman–Crippen MR) is 74.8 cm³/mol. The maximum Gasteiger partial charge on any atom is 0.336 e. The maximum atomic E-state index is 12.0. The lowest BCUT2D eigenvalue weighted by Crippen LogP contribution is -2.17. The number of benzene rings is 1. The Morgan fingerprint density at radius 2 is 2.00 bits per heavy atom. The van der Waals surface area contributed by atoms with Gasteiger partial charge in [0.05, 0.1) is 5.92 Å². The van der Waals surface area contributed by atoms with Gasteiger partial charge in [-0.1, -0.05) is 12.8 Å². The molecule has 1 saturated carbocycles. The molecule has 0 radical (unpaired) electrons. The number of hydrogen-bond acceptors (Lipinski definition) is 4. The third kappa shape index (κ3) is 2.46. The van der Waals surface area contributed by atoms with Gasteiger partial charge in [0.25, 0.3) is 0 Å². The zero-order valence-electron chi connectivity index (χ0n) is 11.3. The molecule has 1 aromatic heterocycles. The molecular formula is C16H16O4. The van der Waals surface area contributed by atoms with Crippen molar-refractivity contribution in [2.24, 2.45) is 5.92 Å². The first kappa shape index (κ1) is 12.9. The van der Waals surface area contributed by atoms with Crippen LogP contribution in [0.1, 0.15) is 31.2 Å². The standard InChI is InChI=1S/C16H16O4/c1-10-8-15(17)20-14-9-12(6-7-13(10)14)19-16(18)11-4-2-3-5-11/h6-9,11H,2-5H2,1H3. The summed E-state index contributed by atoms with van der Waals surface area (Å²) in [6.07, 6.45) is 3.98. The molecule has 1 aliphatic rings. The summed E-state index contributed by atoms with van der Waals surface area (Å²) in [5, 5.41) is 0.852. The molecular weight excluding hydrogens is 256 g/mol. The highest BCUT2D eigenvalue weighted by Gasteiger charge is 2.24. The van der Waals surface area contributed by atoms with Crippen LogP contribution in [-0.2, 0) is 4.79 Å². The van der Waals surface area contributed by atoms with Crippen molar-refractivity contribution in [3.8, 4) is 5.75 Å². The largest absolute Gasteiger partial charge is 0.426 e. The number of carbonyl (C=O) groups excluding carboxylic acids is 1. The third-order valence-corrected chi connectivity index (χ3v) is 3.83.